The molecule has 1 aromatic carbocycles. The van der Waals surface area contributed by atoms with Crippen molar-refractivity contribution in [3.8, 4) is 0 Å². The summed E-state index contributed by atoms with van der Waals surface area (Å²) in [6, 6.07) is 2.60. The molecule has 9 heteroatoms. The van der Waals surface area contributed by atoms with Crippen LogP contribution in [0.15, 0.2) is 17.0 Å². The molecule has 1 amide bonds. The van der Waals surface area contributed by atoms with E-state index in [1.54, 1.807) is 14.1 Å². The number of rotatable bonds is 5. The van der Waals surface area contributed by atoms with Crippen LogP contribution in [0.5, 0.6) is 0 Å². The zero-order valence-corrected chi connectivity index (χ0v) is 13.3. The second-order valence-electron chi connectivity index (χ2n) is 4.25. The highest BCUT2D eigenvalue weighted by Crippen LogP contribution is 2.31. The van der Waals surface area contributed by atoms with Crippen molar-refractivity contribution >= 4 is 44.8 Å². The molecular weight excluding hydrogens is 325 g/mol. The summed E-state index contributed by atoms with van der Waals surface area (Å²) >= 11 is 11.7. The van der Waals surface area contributed by atoms with Crippen LogP contribution in [-0.4, -0.2) is 39.9 Å². The molecule has 0 aromatic heterocycles. The number of nitrogens with two attached hydrogens (primary N) is 1. The number of halogens is 2. The number of sulfonamides is 1. The van der Waals surface area contributed by atoms with Crippen molar-refractivity contribution in [3.63, 3.8) is 0 Å². The summed E-state index contributed by atoms with van der Waals surface area (Å²) < 4.78 is 26.5. The van der Waals surface area contributed by atoms with E-state index in [-0.39, 0.29) is 39.5 Å². The molecule has 1 aromatic rings. The fourth-order valence-electron chi connectivity index (χ4n) is 1.42. The van der Waals surface area contributed by atoms with Crippen molar-refractivity contribution in [1.82, 2.24) is 9.62 Å². The summed E-state index contributed by atoms with van der Waals surface area (Å²) in [4.78, 5) is 12.5. The summed E-state index contributed by atoms with van der Waals surface area (Å²) in [5.41, 5.74) is 5.78. The van der Waals surface area contributed by atoms with E-state index in [0.29, 0.717) is 0 Å². The van der Waals surface area contributed by atoms with Gasteiger partial charge in [-0.05, 0) is 12.1 Å². The number of nitrogen functional groups attached to an aromatic ring is 1. The zero-order chi connectivity index (χ0) is 15.5. The van der Waals surface area contributed by atoms with Gasteiger partial charge in [0.2, 0.25) is 15.9 Å². The van der Waals surface area contributed by atoms with Crippen molar-refractivity contribution in [2.24, 2.45) is 0 Å². The maximum Gasteiger partial charge on any atom is 0.243 e. The van der Waals surface area contributed by atoms with Crippen molar-refractivity contribution in [3.05, 3.63) is 22.2 Å². The van der Waals surface area contributed by atoms with Gasteiger partial charge >= 0.3 is 0 Å². The number of carbonyl (C=O) groups excluding carboxylic acids is 1. The van der Waals surface area contributed by atoms with E-state index in [1.807, 2.05) is 0 Å². The number of anilines is 1. The van der Waals surface area contributed by atoms with Crippen LogP contribution in [-0.2, 0) is 14.8 Å². The van der Waals surface area contributed by atoms with Crippen molar-refractivity contribution in [1.29, 1.82) is 0 Å². The van der Waals surface area contributed by atoms with Gasteiger partial charge in [0.25, 0.3) is 0 Å². The smallest absolute Gasteiger partial charge is 0.243 e. The molecule has 0 aliphatic rings. The van der Waals surface area contributed by atoms with E-state index >= 15 is 0 Å². The van der Waals surface area contributed by atoms with Gasteiger partial charge in [-0.3, -0.25) is 4.79 Å². The van der Waals surface area contributed by atoms with E-state index in [1.165, 1.54) is 17.0 Å². The predicted molar refractivity (Wildman–Crippen MR) is 79.4 cm³/mol. The highest BCUT2D eigenvalue weighted by molar-refractivity contribution is 7.89. The lowest BCUT2D eigenvalue weighted by Crippen LogP contribution is -2.30. The average molecular weight is 340 g/mol. The first-order valence-corrected chi connectivity index (χ1v) is 7.83. The number of hydrogen-bond acceptors (Lipinski definition) is 4. The second-order valence-corrected chi connectivity index (χ2v) is 6.77. The maximum absolute atomic E-state index is 12.1. The highest BCUT2D eigenvalue weighted by atomic mass is 35.5. The molecule has 1 rings (SSSR count). The Morgan fingerprint density at radius 2 is 1.80 bits per heavy atom. The van der Waals surface area contributed by atoms with Crippen LogP contribution >= 0.6 is 23.2 Å². The quantitative estimate of drug-likeness (QED) is 0.791. The standard InChI is InChI=1S/C11H15Cl2N3O3S/c1-16(2)10(17)3-4-15-20(18,19)11-8(12)5-7(14)6-9(11)13/h5-6,15H,3-4,14H2,1-2H3. The molecule has 3 N–H and O–H groups in total. The average Bonchev–Trinajstić information content (AvgIpc) is 2.26. The minimum atomic E-state index is -3.90. The van der Waals surface area contributed by atoms with Crippen LogP contribution in [0.4, 0.5) is 5.69 Å². The Labute approximate surface area is 127 Å². The third-order valence-corrected chi connectivity index (χ3v) is 4.80. The monoisotopic (exact) mass is 339 g/mol. The predicted octanol–water partition coefficient (Wildman–Crippen LogP) is 1.33. The van der Waals surface area contributed by atoms with Gasteiger partial charge in [-0.2, -0.15) is 0 Å². The molecule has 0 radical (unpaired) electrons. The van der Waals surface area contributed by atoms with Gasteiger partial charge in [0, 0.05) is 32.7 Å². The van der Waals surface area contributed by atoms with E-state index in [4.69, 9.17) is 28.9 Å². The summed E-state index contributed by atoms with van der Waals surface area (Å²) in [6.45, 7) is -0.0453. The molecule has 0 saturated carbocycles. The molecule has 0 spiro atoms. The topological polar surface area (TPSA) is 92.5 Å². The van der Waals surface area contributed by atoms with E-state index in [0.717, 1.165) is 0 Å². The summed E-state index contributed by atoms with van der Waals surface area (Å²) in [7, 11) is -0.724. The fourth-order valence-corrected chi connectivity index (χ4v) is 3.68. The first-order valence-electron chi connectivity index (χ1n) is 5.59. The van der Waals surface area contributed by atoms with Gasteiger partial charge in [-0.1, -0.05) is 23.2 Å². The van der Waals surface area contributed by atoms with Crippen molar-refractivity contribution in [2.45, 2.75) is 11.3 Å². The first kappa shape index (κ1) is 17.0. The van der Waals surface area contributed by atoms with Crippen LogP contribution < -0.4 is 10.5 Å². The SMILES string of the molecule is CN(C)C(=O)CCNS(=O)(=O)c1c(Cl)cc(N)cc1Cl. The van der Waals surface area contributed by atoms with Gasteiger partial charge in [0.15, 0.2) is 0 Å². The van der Waals surface area contributed by atoms with Crippen LogP contribution in [0.25, 0.3) is 0 Å². The highest BCUT2D eigenvalue weighted by Gasteiger charge is 2.22. The van der Waals surface area contributed by atoms with E-state index < -0.39 is 10.0 Å². The van der Waals surface area contributed by atoms with Gasteiger partial charge < -0.3 is 10.6 Å². The molecule has 20 heavy (non-hydrogen) atoms. The summed E-state index contributed by atoms with van der Waals surface area (Å²) in [5.74, 6) is -0.192. The third kappa shape index (κ3) is 4.24. The molecule has 0 aliphatic heterocycles. The molecule has 0 unspecified atom stereocenters. The number of carbonyl (C=O) groups is 1. The van der Waals surface area contributed by atoms with Crippen LogP contribution in [0.2, 0.25) is 10.0 Å². The van der Waals surface area contributed by atoms with Gasteiger partial charge in [-0.25, -0.2) is 13.1 Å². The van der Waals surface area contributed by atoms with E-state index in [2.05, 4.69) is 4.72 Å². The van der Waals surface area contributed by atoms with Crippen molar-refractivity contribution < 1.29 is 13.2 Å². The molecule has 112 valence electrons. The first-order chi connectivity index (χ1) is 9.15. The largest absolute Gasteiger partial charge is 0.399 e. The molecule has 0 bridgehead atoms. The normalized spacial score (nSPS) is 11.4. The van der Waals surface area contributed by atoms with Gasteiger partial charge in [0.05, 0.1) is 10.0 Å². The van der Waals surface area contributed by atoms with Gasteiger partial charge in [0.1, 0.15) is 4.90 Å². The Morgan fingerprint density at radius 1 is 1.30 bits per heavy atom. The Kier molecular flexibility index (Phi) is 5.64. The number of nitrogens with one attached hydrogen (secondary N) is 1. The fraction of sp³-hybridized carbons (Fsp3) is 0.364. The maximum atomic E-state index is 12.1. The molecule has 0 heterocycles. The number of nitrogens with zero attached hydrogens (tertiary/aromatic N) is 1. The molecule has 0 saturated heterocycles. The Hall–Kier alpha value is -1.02. The minimum Gasteiger partial charge on any atom is -0.399 e. The molecule has 0 fully saturated rings. The minimum absolute atomic E-state index is 0.0381. The Morgan fingerprint density at radius 3 is 2.25 bits per heavy atom. The molecule has 0 aliphatic carbocycles. The lowest BCUT2D eigenvalue weighted by molar-refractivity contribution is -0.128. The lowest BCUT2D eigenvalue weighted by atomic mass is 10.3. The van der Waals surface area contributed by atoms with Crippen LogP contribution in [0.1, 0.15) is 6.42 Å². The van der Waals surface area contributed by atoms with Crippen LogP contribution in [0, 0.1) is 0 Å². The second kappa shape index (κ2) is 6.62. The number of hydrogen-bond donors (Lipinski definition) is 2. The zero-order valence-electron chi connectivity index (χ0n) is 11.0. The third-order valence-electron chi connectivity index (χ3n) is 2.42. The summed E-state index contributed by atoms with van der Waals surface area (Å²) in [6.07, 6.45) is 0.0381. The summed E-state index contributed by atoms with van der Waals surface area (Å²) in [5, 5.41) is -0.136. The van der Waals surface area contributed by atoms with Crippen LogP contribution in [0.3, 0.4) is 0 Å². The van der Waals surface area contributed by atoms with Gasteiger partial charge in [-0.15, -0.1) is 0 Å². The number of amides is 1. The lowest BCUT2D eigenvalue weighted by Gasteiger charge is -2.12. The Bertz CT molecular complexity index is 594. The Balaban J connectivity index is 2.88. The van der Waals surface area contributed by atoms with Crippen molar-refractivity contribution in [2.75, 3.05) is 26.4 Å². The molecule has 0 atom stereocenters. The molecular formula is C11H15Cl2N3O3S. The molecule has 6 nitrogen and oxygen atoms in total. The number of benzene rings is 1. The van der Waals surface area contributed by atoms with E-state index in [9.17, 15) is 13.2 Å².